The van der Waals surface area contributed by atoms with Crippen LogP contribution >= 0.6 is 0 Å². The van der Waals surface area contributed by atoms with Gasteiger partial charge in [-0.05, 0) is 18.4 Å². The number of carbonyl (C=O) groups excluding carboxylic acids is 3. The Balaban J connectivity index is 2.67. The predicted molar refractivity (Wildman–Crippen MR) is 94.4 cm³/mol. The lowest BCUT2D eigenvalue weighted by Crippen LogP contribution is -2.53. The Morgan fingerprint density at radius 3 is 2.00 bits per heavy atom. The fourth-order valence-electron chi connectivity index (χ4n) is 2.41. The molecule has 1 rings (SSSR count). The summed E-state index contributed by atoms with van der Waals surface area (Å²) < 4.78 is 0. The van der Waals surface area contributed by atoms with E-state index >= 15 is 0 Å². The van der Waals surface area contributed by atoms with Crippen molar-refractivity contribution in [3.63, 3.8) is 0 Å². The summed E-state index contributed by atoms with van der Waals surface area (Å²) in [4.78, 5) is 36.6. The van der Waals surface area contributed by atoms with Crippen LogP contribution in [0.4, 0.5) is 0 Å². The Hall–Kier alpha value is -2.17. The molecule has 0 aliphatic carbocycles. The van der Waals surface area contributed by atoms with Crippen molar-refractivity contribution in [2.75, 3.05) is 0 Å². The molecule has 2 N–H and O–H groups in total. The molecule has 0 saturated heterocycles. The minimum absolute atomic E-state index is 0.0264. The molecule has 0 aromatic heterocycles. The standard InChI is InChI=1S/C19H28N2O3/c1-12(2)17(19(24)20-14(5)18(23)13(3)4)21-16(22)11-15-9-7-6-8-10-15/h6-10,12-14,17H,11H2,1-5H3,(H,20,24)(H,21,22). The van der Waals surface area contributed by atoms with Crippen molar-refractivity contribution >= 4 is 17.6 Å². The highest BCUT2D eigenvalue weighted by Crippen LogP contribution is 2.06. The summed E-state index contributed by atoms with van der Waals surface area (Å²) in [6.07, 6.45) is 0.220. The SMILES string of the molecule is CC(C)C(=O)C(C)NC(=O)C(NC(=O)Cc1ccccc1)C(C)C. The summed E-state index contributed by atoms with van der Waals surface area (Å²) in [6, 6.07) is 8.14. The second kappa shape index (κ2) is 9.21. The number of Topliss-reactive ketones (excluding diaryl/α,β-unsaturated/α-hetero) is 1. The topological polar surface area (TPSA) is 75.3 Å². The third-order valence-corrected chi connectivity index (χ3v) is 3.83. The van der Waals surface area contributed by atoms with Crippen LogP contribution in [0.2, 0.25) is 0 Å². The van der Waals surface area contributed by atoms with Crippen molar-refractivity contribution in [1.82, 2.24) is 10.6 Å². The molecule has 0 aliphatic heterocycles. The van der Waals surface area contributed by atoms with Crippen LogP contribution in [-0.4, -0.2) is 29.7 Å². The molecule has 2 amide bonds. The lowest BCUT2D eigenvalue weighted by atomic mass is 10.00. The molecular weight excluding hydrogens is 304 g/mol. The molecule has 2 atom stereocenters. The van der Waals surface area contributed by atoms with Crippen molar-refractivity contribution in [3.8, 4) is 0 Å². The van der Waals surface area contributed by atoms with Gasteiger partial charge in [-0.3, -0.25) is 14.4 Å². The maximum Gasteiger partial charge on any atom is 0.243 e. The molecule has 132 valence electrons. The third kappa shape index (κ3) is 6.14. The molecule has 1 aromatic rings. The Bertz CT molecular complexity index is 567. The van der Waals surface area contributed by atoms with Crippen LogP contribution in [0.1, 0.15) is 40.2 Å². The van der Waals surface area contributed by atoms with Crippen LogP contribution in [0.3, 0.4) is 0 Å². The molecule has 0 fully saturated rings. The van der Waals surface area contributed by atoms with Crippen molar-refractivity contribution in [2.45, 2.75) is 53.1 Å². The van der Waals surface area contributed by atoms with E-state index in [1.165, 1.54) is 0 Å². The molecule has 0 heterocycles. The summed E-state index contributed by atoms with van der Waals surface area (Å²) in [5.74, 6) is -0.788. The molecular formula is C19H28N2O3. The number of hydrogen-bond acceptors (Lipinski definition) is 3. The van der Waals surface area contributed by atoms with E-state index in [9.17, 15) is 14.4 Å². The van der Waals surface area contributed by atoms with E-state index in [2.05, 4.69) is 10.6 Å². The van der Waals surface area contributed by atoms with Gasteiger partial charge in [0.05, 0.1) is 12.5 Å². The van der Waals surface area contributed by atoms with E-state index in [1.54, 1.807) is 20.8 Å². The van der Waals surface area contributed by atoms with Gasteiger partial charge in [0.1, 0.15) is 6.04 Å². The van der Waals surface area contributed by atoms with Gasteiger partial charge in [-0.1, -0.05) is 58.0 Å². The summed E-state index contributed by atoms with van der Waals surface area (Å²) in [5, 5.41) is 5.48. The van der Waals surface area contributed by atoms with Crippen LogP contribution in [0, 0.1) is 11.8 Å². The highest BCUT2D eigenvalue weighted by molar-refractivity contribution is 5.93. The number of benzene rings is 1. The minimum Gasteiger partial charge on any atom is -0.345 e. The fraction of sp³-hybridized carbons (Fsp3) is 0.526. The van der Waals surface area contributed by atoms with Gasteiger partial charge in [0.25, 0.3) is 0 Å². The molecule has 5 heteroatoms. The number of amides is 2. The molecule has 0 spiro atoms. The first kappa shape index (κ1) is 19.9. The quantitative estimate of drug-likeness (QED) is 0.765. The minimum atomic E-state index is -0.663. The van der Waals surface area contributed by atoms with Crippen molar-refractivity contribution in [1.29, 1.82) is 0 Å². The van der Waals surface area contributed by atoms with Crippen molar-refractivity contribution < 1.29 is 14.4 Å². The molecule has 5 nitrogen and oxygen atoms in total. The average molecular weight is 332 g/mol. The second-order valence-electron chi connectivity index (χ2n) is 6.74. The third-order valence-electron chi connectivity index (χ3n) is 3.83. The zero-order valence-electron chi connectivity index (χ0n) is 15.1. The second-order valence-corrected chi connectivity index (χ2v) is 6.74. The van der Waals surface area contributed by atoms with Gasteiger partial charge in [0, 0.05) is 5.92 Å². The molecule has 1 aromatic carbocycles. The fourth-order valence-corrected chi connectivity index (χ4v) is 2.41. The molecule has 0 aliphatic rings. The van der Waals surface area contributed by atoms with E-state index in [0.717, 1.165) is 5.56 Å². The normalized spacial score (nSPS) is 13.5. The Morgan fingerprint density at radius 2 is 1.50 bits per heavy atom. The summed E-state index contributed by atoms with van der Waals surface area (Å²) in [7, 11) is 0. The van der Waals surface area contributed by atoms with Crippen LogP contribution < -0.4 is 10.6 Å². The number of ketones is 1. The highest BCUT2D eigenvalue weighted by Gasteiger charge is 2.27. The van der Waals surface area contributed by atoms with E-state index in [4.69, 9.17) is 0 Å². The number of nitrogens with one attached hydrogen (secondary N) is 2. The Morgan fingerprint density at radius 1 is 0.917 bits per heavy atom. The average Bonchev–Trinajstić information content (AvgIpc) is 2.52. The molecule has 0 radical (unpaired) electrons. The first-order chi connectivity index (χ1) is 11.2. The van der Waals surface area contributed by atoms with Crippen LogP contribution in [0.25, 0.3) is 0 Å². The maximum atomic E-state index is 12.4. The van der Waals surface area contributed by atoms with Gasteiger partial charge in [-0.25, -0.2) is 0 Å². The van der Waals surface area contributed by atoms with Crippen molar-refractivity contribution in [3.05, 3.63) is 35.9 Å². The maximum absolute atomic E-state index is 12.4. The zero-order valence-corrected chi connectivity index (χ0v) is 15.1. The van der Waals surface area contributed by atoms with E-state index in [0.29, 0.717) is 0 Å². The number of rotatable bonds is 8. The van der Waals surface area contributed by atoms with Gasteiger partial charge in [0.15, 0.2) is 5.78 Å². The van der Waals surface area contributed by atoms with Crippen LogP contribution in [0.5, 0.6) is 0 Å². The zero-order chi connectivity index (χ0) is 18.3. The Kier molecular flexibility index (Phi) is 7.62. The van der Waals surface area contributed by atoms with E-state index < -0.39 is 12.1 Å². The van der Waals surface area contributed by atoms with E-state index in [-0.39, 0.29) is 35.9 Å². The summed E-state index contributed by atoms with van der Waals surface area (Å²) >= 11 is 0. The van der Waals surface area contributed by atoms with Crippen LogP contribution in [-0.2, 0) is 20.8 Å². The largest absolute Gasteiger partial charge is 0.345 e. The molecule has 24 heavy (non-hydrogen) atoms. The number of hydrogen-bond donors (Lipinski definition) is 2. The number of carbonyl (C=O) groups is 3. The van der Waals surface area contributed by atoms with Crippen molar-refractivity contribution in [2.24, 2.45) is 11.8 Å². The molecule has 0 bridgehead atoms. The summed E-state index contributed by atoms with van der Waals surface area (Å²) in [6.45, 7) is 8.99. The van der Waals surface area contributed by atoms with Gasteiger partial charge < -0.3 is 10.6 Å². The lowest BCUT2D eigenvalue weighted by Gasteiger charge is -2.24. The van der Waals surface area contributed by atoms with Gasteiger partial charge in [-0.15, -0.1) is 0 Å². The van der Waals surface area contributed by atoms with Gasteiger partial charge in [-0.2, -0.15) is 0 Å². The first-order valence-electron chi connectivity index (χ1n) is 8.39. The molecule has 0 saturated carbocycles. The predicted octanol–water partition coefficient (Wildman–Crippen LogP) is 2.10. The summed E-state index contributed by atoms with van der Waals surface area (Å²) in [5.41, 5.74) is 0.890. The monoisotopic (exact) mass is 332 g/mol. The first-order valence-corrected chi connectivity index (χ1v) is 8.39. The molecule has 2 unspecified atom stereocenters. The van der Waals surface area contributed by atoms with Crippen LogP contribution in [0.15, 0.2) is 30.3 Å². The van der Waals surface area contributed by atoms with E-state index in [1.807, 2.05) is 44.2 Å². The Labute approximate surface area is 144 Å². The lowest BCUT2D eigenvalue weighted by molar-refractivity contribution is -0.132. The van der Waals surface area contributed by atoms with Gasteiger partial charge in [0.2, 0.25) is 11.8 Å². The highest BCUT2D eigenvalue weighted by atomic mass is 16.2. The van der Waals surface area contributed by atoms with Gasteiger partial charge >= 0.3 is 0 Å². The smallest absolute Gasteiger partial charge is 0.243 e.